The van der Waals surface area contributed by atoms with Crippen LogP contribution in [-0.2, 0) is 6.54 Å². The van der Waals surface area contributed by atoms with Gasteiger partial charge >= 0.3 is 5.76 Å². The number of nitrogen functional groups attached to an aromatic ring is 1. The van der Waals surface area contributed by atoms with Gasteiger partial charge in [-0.15, -0.1) is 0 Å². The summed E-state index contributed by atoms with van der Waals surface area (Å²) in [6.45, 7) is 0.397. The van der Waals surface area contributed by atoms with E-state index in [0.29, 0.717) is 23.5 Å². The maximum absolute atomic E-state index is 11.8. The van der Waals surface area contributed by atoms with Crippen molar-refractivity contribution in [3.63, 3.8) is 0 Å². The topological polar surface area (TPSA) is 74.0 Å². The Morgan fingerprint density at radius 1 is 1.28 bits per heavy atom. The molecule has 2 heterocycles. The standard InChI is InChI=1S/C13H11N3O2/c14-10-4-1-3-9(7-10)8-16-12-11(18-13(16)17)5-2-6-15-12/h1-7H,8,14H2. The number of nitrogens with zero attached hydrogens (tertiary/aromatic N) is 2. The molecule has 18 heavy (non-hydrogen) atoms. The number of hydrogen-bond donors (Lipinski definition) is 1. The highest BCUT2D eigenvalue weighted by Gasteiger charge is 2.09. The Bertz CT molecular complexity index is 758. The van der Waals surface area contributed by atoms with E-state index < -0.39 is 5.76 Å². The van der Waals surface area contributed by atoms with Crippen LogP contribution in [0.2, 0.25) is 0 Å². The van der Waals surface area contributed by atoms with Crippen molar-refractivity contribution in [1.82, 2.24) is 9.55 Å². The summed E-state index contributed by atoms with van der Waals surface area (Å²) in [4.78, 5) is 15.9. The normalized spacial score (nSPS) is 10.9. The van der Waals surface area contributed by atoms with E-state index in [1.165, 1.54) is 4.57 Å². The van der Waals surface area contributed by atoms with Crippen LogP contribution in [0, 0.1) is 0 Å². The van der Waals surface area contributed by atoms with Gasteiger partial charge in [0.05, 0.1) is 6.54 Å². The molecule has 0 fully saturated rings. The molecule has 3 aromatic rings. The van der Waals surface area contributed by atoms with Crippen LogP contribution in [0.3, 0.4) is 0 Å². The predicted octanol–water partition coefficient (Wildman–Crippen LogP) is 1.62. The largest absolute Gasteiger partial charge is 0.421 e. The van der Waals surface area contributed by atoms with Gasteiger partial charge in [-0.2, -0.15) is 0 Å². The summed E-state index contributed by atoms with van der Waals surface area (Å²) < 4.78 is 6.61. The molecule has 5 heteroatoms. The fourth-order valence-corrected chi connectivity index (χ4v) is 1.91. The molecule has 0 spiro atoms. The number of benzene rings is 1. The fraction of sp³-hybridized carbons (Fsp3) is 0.0769. The second-order valence-electron chi connectivity index (χ2n) is 4.02. The Hall–Kier alpha value is -2.56. The van der Waals surface area contributed by atoms with E-state index in [9.17, 15) is 4.79 Å². The Labute approximate surface area is 102 Å². The minimum absolute atomic E-state index is 0.397. The number of pyridine rings is 1. The van der Waals surface area contributed by atoms with Crippen molar-refractivity contribution in [2.75, 3.05) is 5.73 Å². The zero-order valence-corrected chi connectivity index (χ0v) is 9.54. The third kappa shape index (κ3) is 1.75. The molecule has 0 bridgehead atoms. The van der Waals surface area contributed by atoms with E-state index in [2.05, 4.69) is 4.98 Å². The lowest BCUT2D eigenvalue weighted by atomic mass is 10.2. The summed E-state index contributed by atoms with van der Waals surface area (Å²) in [5, 5.41) is 0. The zero-order chi connectivity index (χ0) is 12.5. The smallest absolute Gasteiger partial charge is 0.406 e. The van der Waals surface area contributed by atoms with Crippen molar-refractivity contribution in [3.8, 4) is 0 Å². The quantitative estimate of drug-likeness (QED) is 0.692. The molecule has 90 valence electrons. The van der Waals surface area contributed by atoms with Gasteiger partial charge in [-0.1, -0.05) is 12.1 Å². The van der Waals surface area contributed by atoms with E-state index in [-0.39, 0.29) is 0 Å². The second-order valence-corrected chi connectivity index (χ2v) is 4.02. The number of oxazole rings is 1. The van der Waals surface area contributed by atoms with Crippen LogP contribution in [0.15, 0.2) is 51.8 Å². The third-order valence-electron chi connectivity index (χ3n) is 2.72. The molecule has 0 saturated heterocycles. The van der Waals surface area contributed by atoms with Gasteiger partial charge in [-0.05, 0) is 29.8 Å². The summed E-state index contributed by atoms with van der Waals surface area (Å²) in [5.41, 5.74) is 8.35. The van der Waals surface area contributed by atoms with E-state index in [1.807, 2.05) is 18.2 Å². The molecule has 0 atom stereocenters. The minimum Gasteiger partial charge on any atom is -0.406 e. The van der Waals surface area contributed by atoms with Crippen LogP contribution in [0.1, 0.15) is 5.56 Å². The second kappa shape index (κ2) is 4.03. The van der Waals surface area contributed by atoms with Gasteiger partial charge in [0.15, 0.2) is 11.2 Å². The third-order valence-corrected chi connectivity index (χ3v) is 2.72. The van der Waals surface area contributed by atoms with E-state index in [4.69, 9.17) is 10.2 Å². The van der Waals surface area contributed by atoms with E-state index in [1.54, 1.807) is 24.4 Å². The van der Waals surface area contributed by atoms with Gasteiger partial charge in [0.1, 0.15) is 0 Å². The van der Waals surface area contributed by atoms with Crippen LogP contribution in [-0.4, -0.2) is 9.55 Å². The highest BCUT2D eigenvalue weighted by molar-refractivity contribution is 5.67. The Balaban J connectivity index is 2.10. The van der Waals surface area contributed by atoms with Crippen LogP contribution in [0.5, 0.6) is 0 Å². The molecule has 0 aliphatic carbocycles. The molecule has 3 rings (SSSR count). The first kappa shape index (κ1) is 10.6. The van der Waals surface area contributed by atoms with Crippen molar-refractivity contribution in [2.45, 2.75) is 6.54 Å². The molecule has 1 aromatic carbocycles. The fourth-order valence-electron chi connectivity index (χ4n) is 1.91. The van der Waals surface area contributed by atoms with E-state index >= 15 is 0 Å². The maximum atomic E-state index is 11.8. The van der Waals surface area contributed by atoms with Crippen LogP contribution < -0.4 is 11.5 Å². The molecular weight excluding hydrogens is 230 g/mol. The van der Waals surface area contributed by atoms with Crippen molar-refractivity contribution in [3.05, 3.63) is 58.7 Å². The first-order chi connectivity index (χ1) is 8.74. The zero-order valence-electron chi connectivity index (χ0n) is 9.54. The number of aromatic nitrogens is 2. The predicted molar refractivity (Wildman–Crippen MR) is 68.2 cm³/mol. The molecule has 0 radical (unpaired) electrons. The first-order valence-electron chi connectivity index (χ1n) is 5.53. The highest BCUT2D eigenvalue weighted by Crippen LogP contribution is 2.12. The summed E-state index contributed by atoms with van der Waals surface area (Å²) >= 11 is 0. The number of nitrogens with two attached hydrogens (primary N) is 1. The number of hydrogen-bond acceptors (Lipinski definition) is 4. The van der Waals surface area contributed by atoms with Crippen molar-refractivity contribution >= 4 is 16.9 Å². The summed E-state index contributed by atoms with van der Waals surface area (Å²) in [6.07, 6.45) is 1.63. The lowest BCUT2D eigenvalue weighted by molar-refractivity contribution is 0.517. The molecule has 0 saturated carbocycles. The van der Waals surface area contributed by atoms with Gasteiger partial charge in [-0.25, -0.2) is 9.78 Å². The first-order valence-corrected chi connectivity index (χ1v) is 5.53. The SMILES string of the molecule is Nc1cccc(Cn2c(=O)oc3cccnc32)c1. The summed E-state index contributed by atoms with van der Waals surface area (Å²) in [6, 6.07) is 10.8. The lowest BCUT2D eigenvalue weighted by Gasteiger charge is -2.02. The maximum Gasteiger partial charge on any atom is 0.421 e. The summed E-state index contributed by atoms with van der Waals surface area (Å²) in [7, 11) is 0. The van der Waals surface area contributed by atoms with Gasteiger partial charge in [0.2, 0.25) is 0 Å². The minimum atomic E-state index is -0.411. The number of fused-ring (bicyclic) bond motifs is 1. The molecule has 0 aliphatic rings. The molecule has 2 aromatic heterocycles. The average Bonchev–Trinajstić information content (AvgIpc) is 2.66. The number of rotatable bonds is 2. The Morgan fingerprint density at radius 2 is 2.17 bits per heavy atom. The van der Waals surface area contributed by atoms with Crippen LogP contribution in [0.4, 0.5) is 5.69 Å². The Kier molecular flexibility index (Phi) is 2.37. The van der Waals surface area contributed by atoms with Crippen molar-refractivity contribution < 1.29 is 4.42 Å². The summed E-state index contributed by atoms with van der Waals surface area (Å²) in [5.74, 6) is -0.411. The van der Waals surface area contributed by atoms with Crippen LogP contribution >= 0.6 is 0 Å². The van der Waals surface area contributed by atoms with Gasteiger partial charge in [0.25, 0.3) is 0 Å². The van der Waals surface area contributed by atoms with Gasteiger partial charge in [-0.3, -0.25) is 4.57 Å². The monoisotopic (exact) mass is 241 g/mol. The highest BCUT2D eigenvalue weighted by atomic mass is 16.4. The number of anilines is 1. The molecule has 0 amide bonds. The molecule has 2 N–H and O–H groups in total. The van der Waals surface area contributed by atoms with Crippen LogP contribution in [0.25, 0.3) is 11.2 Å². The Morgan fingerprint density at radius 3 is 3.00 bits per heavy atom. The average molecular weight is 241 g/mol. The molecule has 5 nitrogen and oxygen atoms in total. The lowest BCUT2D eigenvalue weighted by Crippen LogP contribution is -2.15. The van der Waals surface area contributed by atoms with Crippen molar-refractivity contribution in [1.29, 1.82) is 0 Å². The van der Waals surface area contributed by atoms with Gasteiger partial charge in [0, 0.05) is 11.9 Å². The van der Waals surface area contributed by atoms with Gasteiger partial charge < -0.3 is 10.2 Å². The molecular formula is C13H11N3O2. The van der Waals surface area contributed by atoms with Crippen molar-refractivity contribution in [2.24, 2.45) is 0 Å². The van der Waals surface area contributed by atoms with E-state index in [0.717, 1.165) is 5.56 Å². The molecule has 0 unspecified atom stereocenters. The molecule has 0 aliphatic heterocycles.